The van der Waals surface area contributed by atoms with E-state index < -0.39 is 4.92 Å². The van der Waals surface area contributed by atoms with Crippen molar-refractivity contribution < 1.29 is 9.66 Å². The number of non-ortho nitro benzene ring substituents is 1. The van der Waals surface area contributed by atoms with Gasteiger partial charge in [0, 0.05) is 25.4 Å². The van der Waals surface area contributed by atoms with E-state index in [0.717, 1.165) is 13.1 Å². The molecule has 0 spiro atoms. The summed E-state index contributed by atoms with van der Waals surface area (Å²) >= 11 is 0. The molecule has 0 radical (unpaired) electrons. The van der Waals surface area contributed by atoms with Gasteiger partial charge in [0.1, 0.15) is 17.4 Å². The quantitative estimate of drug-likeness (QED) is 0.654. The molecular weight excluding hydrogens is 234 g/mol. The molecule has 1 aromatic heterocycles. The van der Waals surface area contributed by atoms with Crippen LogP contribution in [0.25, 0.3) is 10.9 Å². The van der Waals surface area contributed by atoms with E-state index in [4.69, 9.17) is 4.74 Å². The summed E-state index contributed by atoms with van der Waals surface area (Å²) in [5.41, 5.74) is 0.593. The van der Waals surface area contributed by atoms with Gasteiger partial charge in [-0.3, -0.25) is 15.1 Å². The maximum absolute atomic E-state index is 10.9. The molecule has 0 bridgehead atoms. The van der Waals surface area contributed by atoms with E-state index in [9.17, 15) is 10.1 Å². The summed E-state index contributed by atoms with van der Waals surface area (Å²) in [6.07, 6.45) is 1.73. The zero-order valence-electron chi connectivity index (χ0n) is 9.50. The number of ether oxygens (including phenoxy) is 1. The highest BCUT2D eigenvalue weighted by atomic mass is 16.6. The summed E-state index contributed by atoms with van der Waals surface area (Å²) in [5.74, 6) is 0.600. The fourth-order valence-corrected chi connectivity index (χ4v) is 1.91. The molecule has 1 N–H and O–H groups in total. The first kappa shape index (κ1) is 10.9. The lowest BCUT2D eigenvalue weighted by Crippen LogP contribution is -2.50. The Kier molecular flexibility index (Phi) is 2.56. The van der Waals surface area contributed by atoms with Crippen LogP contribution in [0.15, 0.2) is 30.5 Å². The number of nitro groups is 1. The minimum atomic E-state index is -0.404. The van der Waals surface area contributed by atoms with E-state index in [-0.39, 0.29) is 11.8 Å². The molecule has 6 heteroatoms. The van der Waals surface area contributed by atoms with Gasteiger partial charge < -0.3 is 10.1 Å². The van der Waals surface area contributed by atoms with Gasteiger partial charge >= 0.3 is 0 Å². The second kappa shape index (κ2) is 4.23. The normalized spacial score (nSPS) is 15.3. The molecule has 0 atom stereocenters. The molecule has 2 aromatic rings. The molecule has 3 rings (SSSR count). The van der Waals surface area contributed by atoms with Crippen molar-refractivity contribution in [2.45, 2.75) is 6.10 Å². The Morgan fingerprint density at radius 2 is 2.22 bits per heavy atom. The zero-order valence-corrected chi connectivity index (χ0v) is 9.50. The summed E-state index contributed by atoms with van der Waals surface area (Å²) in [4.78, 5) is 14.7. The van der Waals surface area contributed by atoms with Crippen LogP contribution in [0.3, 0.4) is 0 Å². The van der Waals surface area contributed by atoms with Gasteiger partial charge in [-0.15, -0.1) is 0 Å². The molecule has 1 fully saturated rings. The molecule has 1 aliphatic rings. The van der Waals surface area contributed by atoms with E-state index in [0.29, 0.717) is 16.7 Å². The predicted octanol–water partition coefficient (Wildman–Crippen LogP) is 1.49. The fourth-order valence-electron chi connectivity index (χ4n) is 1.91. The first-order valence-electron chi connectivity index (χ1n) is 5.65. The van der Waals surface area contributed by atoms with Crippen LogP contribution in [-0.4, -0.2) is 29.1 Å². The highest BCUT2D eigenvalue weighted by molar-refractivity contribution is 5.92. The molecule has 18 heavy (non-hydrogen) atoms. The smallest absolute Gasteiger partial charge is 0.279 e. The van der Waals surface area contributed by atoms with Crippen molar-refractivity contribution in [3.8, 4) is 5.75 Å². The highest BCUT2D eigenvalue weighted by Crippen LogP contribution is 2.31. The van der Waals surface area contributed by atoms with Gasteiger partial charge in [-0.1, -0.05) is 0 Å². The molecule has 0 aliphatic carbocycles. The van der Waals surface area contributed by atoms with Gasteiger partial charge in [0.15, 0.2) is 0 Å². The average molecular weight is 245 g/mol. The van der Waals surface area contributed by atoms with Crippen molar-refractivity contribution in [3.63, 3.8) is 0 Å². The van der Waals surface area contributed by atoms with Crippen LogP contribution in [0.2, 0.25) is 0 Å². The Morgan fingerprint density at radius 1 is 1.39 bits per heavy atom. The Labute approximate surface area is 103 Å². The summed E-state index contributed by atoms with van der Waals surface area (Å²) < 4.78 is 5.75. The third-order valence-corrected chi connectivity index (χ3v) is 2.94. The maximum atomic E-state index is 10.9. The SMILES string of the molecule is O=[N+]([O-])c1ccc(OC2CNC2)c2ncccc12. The Hall–Kier alpha value is -2.21. The molecule has 0 unspecified atom stereocenters. The second-order valence-corrected chi connectivity index (χ2v) is 4.14. The van der Waals surface area contributed by atoms with Crippen molar-refractivity contribution in [3.05, 3.63) is 40.6 Å². The second-order valence-electron chi connectivity index (χ2n) is 4.14. The number of aromatic nitrogens is 1. The summed E-state index contributed by atoms with van der Waals surface area (Å²) in [6, 6.07) is 6.45. The number of pyridine rings is 1. The number of nitro benzene ring substituents is 1. The first-order valence-corrected chi connectivity index (χ1v) is 5.65. The lowest BCUT2D eigenvalue weighted by atomic mass is 10.1. The number of benzene rings is 1. The maximum Gasteiger partial charge on any atom is 0.279 e. The van der Waals surface area contributed by atoms with Crippen LogP contribution in [0.1, 0.15) is 0 Å². The molecule has 0 amide bonds. The van der Waals surface area contributed by atoms with Crippen LogP contribution in [-0.2, 0) is 0 Å². The number of hydrogen-bond donors (Lipinski definition) is 1. The Morgan fingerprint density at radius 3 is 2.89 bits per heavy atom. The van der Waals surface area contributed by atoms with Crippen LogP contribution >= 0.6 is 0 Å². The van der Waals surface area contributed by atoms with Crippen molar-refractivity contribution in [2.75, 3.05) is 13.1 Å². The van der Waals surface area contributed by atoms with E-state index >= 15 is 0 Å². The van der Waals surface area contributed by atoms with E-state index in [1.165, 1.54) is 6.07 Å². The van der Waals surface area contributed by atoms with Gasteiger partial charge in [0.25, 0.3) is 5.69 Å². The molecule has 0 saturated carbocycles. The molecule has 92 valence electrons. The molecular formula is C12H11N3O3. The molecule has 6 nitrogen and oxygen atoms in total. The van der Waals surface area contributed by atoms with Gasteiger partial charge in [0.05, 0.1) is 10.3 Å². The number of rotatable bonds is 3. The van der Waals surface area contributed by atoms with E-state index in [1.54, 1.807) is 24.4 Å². The summed E-state index contributed by atoms with van der Waals surface area (Å²) in [5, 5.41) is 14.6. The van der Waals surface area contributed by atoms with Crippen molar-refractivity contribution >= 4 is 16.6 Å². The standard InChI is InChI=1S/C12H11N3O3/c16-15(17)10-3-4-11(18-8-6-13-7-8)12-9(10)2-1-5-14-12/h1-5,8,13H,6-7H2. The van der Waals surface area contributed by atoms with Gasteiger partial charge in [0.2, 0.25) is 0 Å². The van der Waals surface area contributed by atoms with Crippen LogP contribution in [0.5, 0.6) is 5.75 Å². The number of hydrogen-bond acceptors (Lipinski definition) is 5. The Bertz CT molecular complexity index is 611. The predicted molar refractivity (Wildman–Crippen MR) is 65.7 cm³/mol. The minimum Gasteiger partial charge on any atom is -0.485 e. The summed E-state index contributed by atoms with van der Waals surface area (Å²) in [6.45, 7) is 1.59. The van der Waals surface area contributed by atoms with Crippen LogP contribution < -0.4 is 10.1 Å². The number of fused-ring (bicyclic) bond motifs is 1. The van der Waals surface area contributed by atoms with Crippen molar-refractivity contribution in [1.82, 2.24) is 10.3 Å². The monoisotopic (exact) mass is 245 g/mol. The fraction of sp³-hybridized carbons (Fsp3) is 0.250. The average Bonchev–Trinajstić information content (AvgIpc) is 2.33. The summed E-state index contributed by atoms with van der Waals surface area (Å²) in [7, 11) is 0. The number of nitrogens with zero attached hydrogens (tertiary/aromatic N) is 2. The number of nitrogens with one attached hydrogen (secondary N) is 1. The molecule has 1 aliphatic heterocycles. The third kappa shape index (κ3) is 1.76. The van der Waals surface area contributed by atoms with Crippen LogP contribution in [0, 0.1) is 10.1 Å². The van der Waals surface area contributed by atoms with Gasteiger partial charge in [-0.2, -0.15) is 0 Å². The van der Waals surface area contributed by atoms with Crippen molar-refractivity contribution in [1.29, 1.82) is 0 Å². The molecule has 1 saturated heterocycles. The van der Waals surface area contributed by atoms with Gasteiger partial charge in [-0.05, 0) is 18.2 Å². The van der Waals surface area contributed by atoms with Gasteiger partial charge in [-0.25, -0.2) is 0 Å². The largest absolute Gasteiger partial charge is 0.485 e. The minimum absolute atomic E-state index is 0.0529. The molecule has 2 heterocycles. The third-order valence-electron chi connectivity index (χ3n) is 2.94. The highest BCUT2D eigenvalue weighted by Gasteiger charge is 2.21. The Balaban J connectivity index is 2.10. The van der Waals surface area contributed by atoms with Crippen molar-refractivity contribution in [2.24, 2.45) is 0 Å². The lowest BCUT2D eigenvalue weighted by molar-refractivity contribution is -0.383. The first-order chi connectivity index (χ1) is 8.75. The lowest BCUT2D eigenvalue weighted by Gasteiger charge is -2.28. The van der Waals surface area contributed by atoms with Crippen LogP contribution in [0.4, 0.5) is 5.69 Å². The topological polar surface area (TPSA) is 77.3 Å². The van der Waals surface area contributed by atoms with E-state index in [1.807, 2.05) is 0 Å². The molecule has 1 aromatic carbocycles. The van der Waals surface area contributed by atoms with E-state index in [2.05, 4.69) is 10.3 Å². The zero-order chi connectivity index (χ0) is 12.5.